The maximum Gasteiger partial charge on any atom is 0.261 e. The monoisotopic (exact) mass is 316 g/mol. The van der Waals surface area contributed by atoms with E-state index in [1.165, 1.54) is 6.07 Å². The average Bonchev–Trinajstić information content (AvgIpc) is 3.00. The van der Waals surface area contributed by atoms with Crippen molar-refractivity contribution in [3.63, 3.8) is 0 Å². The molecule has 6 heteroatoms. The van der Waals surface area contributed by atoms with Gasteiger partial charge in [-0.25, -0.2) is 0 Å². The summed E-state index contributed by atoms with van der Waals surface area (Å²) < 4.78 is 0. The maximum absolute atomic E-state index is 12.1. The first-order valence-corrected chi connectivity index (χ1v) is 8.18. The van der Waals surface area contributed by atoms with E-state index >= 15 is 0 Å². The number of hydrogen-bond donors (Lipinski definition) is 2. The van der Waals surface area contributed by atoms with Crippen LogP contribution >= 0.6 is 11.3 Å². The van der Waals surface area contributed by atoms with Gasteiger partial charge in [0.05, 0.1) is 0 Å². The Bertz CT molecular complexity index is 762. The normalized spacial score (nSPS) is 13.7. The Balaban J connectivity index is 1.73. The predicted octanol–water partition coefficient (Wildman–Crippen LogP) is 1.93. The Morgan fingerprint density at radius 1 is 1.32 bits per heavy atom. The van der Waals surface area contributed by atoms with Gasteiger partial charge in [0.1, 0.15) is 5.56 Å². The molecular formula is C16H16N2O3S. The number of aryl methyl sites for hydroxylation is 1. The zero-order chi connectivity index (χ0) is 15.5. The number of thiophene rings is 1. The third-order valence-electron chi connectivity index (χ3n) is 3.78. The summed E-state index contributed by atoms with van der Waals surface area (Å²) in [5, 5.41) is 6.74. The second-order valence-corrected chi connectivity index (χ2v) is 6.10. The summed E-state index contributed by atoms with van der Waals surface area (Å²) in [6, 6.07) is 3.44. The number of amides is 1. The first kappa shape index (κ1) is 14.7. The van der Waals surface area contributed by atoms with Crippen molar-refractivity contribution >= 4 is 23.0 Å². The number of Topliss-reactive ketones (excluding diaryl/α,β-unsaturated/α-hetero) is 1. The average molecular weight is 316 g/mol. The first-order chi connectivity index (χ1) is 10.6. The molecule has 2 heterocycles. The summed E-state index contributed by atoms with van der Waals surface area (Å²) in [5.74, 6) is -0.442. The van der Waals surface area contributed by atoms with Gasteiger partial charge in [-0.15, -0.1) is 0 Å². The summed E-state index contributed by atoms with van der Waals surface area (Å²) >= 11 is 1.61. The molecule has 0 atom stereocenters. The molecule has 2 N–H and O–H groups in total. The number of rotatable bonds is 4. The number of hydrogen-bond acceptors (Lipinski definition) is 4. The molecule has 0 saturated carbocycles. The van der Waals surface area contributed by atoms with Gasteiger partial charge in [-0.1, -0.05) is 0 Å². The van der Waals surface area contributed by atoms with E-state index in [1.54, 1.807) is 11.3 Å². The molecule has 0 aromatic carbocycles. The first-order valence-electron chi connectivity index (χ1n) is 7.24. The minimum absolute atomic E-state index is 0.00942. The molecule has 5 nitrogen and oxygen atoms in total. The molecule has 0 fully saturated rings. The third-order valence-corrected chi connectivity index (χ3v) is 4.51. The van der Waals surface area contributed by atoms with E-state index in [0.717, 1.165) is 18.4 Å². The number of pyridine rings is 1. The molecule has 0 unspecified atom stereocenters. The van der Waals surface area contributed by atoms with E-state index in [-0.39, 0.29) is 11.3 Å². The van der Waals surface area contributed by atoms with Gasteiger partial charge in [0.25, 0.3) is 11.5 Å². The van der Waals surface area contributed by atoms with Crippen molar-refractivity contribution < 1.29 is 9.59 Å². The van der Waals surface area contributed by atoms with Gasteiger partial charge in [0.2, 0.25) is 0 Å². The quantitative estimate of drug-likeness (QED) is 0.904. The highest BCUT2D eigenvalue weighted by Gasteiger charge is 2.21. The second kappa shape index (κ2) is 6.27. The lowest BCUT2D eigenvalue weighted by Gasteiger charge is -2.15. The topological polar surface area (TPSA) is 79.0 Å². The minimum atomic E-state index is -0.433. The van der Waals surface area contributed by atoms with Crippen molar-refractivity contribution in [1.82, 2.24) is 10.3 Å². The molecule has 0 saturated heterocycles. The van der Waals surface area contributed by atoms with Crippen LogP contribution in [0.1, 0.15) is 44.8 Å². The largest absolute Gasteiger partial charge is 0.352 e. The fraction of sp³-hybridized carbons (Fsp3) is 0.312. The molecular weight excluding hydrogens is 300 g/mol. The number of aromatic amines is 1. The van der Waals surface area contributed by atoms with Crippen LogP contribution in [-0.4, -0.2) is 23.2 Å². The van der Waals surface area contributed by atoms with Gasteiger partial charge >= 0.3 is 0 Å². The predicted molar refractivity (Wildman–Crippen MR) is 84.7 cm³/mol. The van der Waals surface area contributed by atoms with Crippen molar-refractivity contribution in [3.05, 3.63) is 55.6 Å². The number of fused-ring (bicyclic) bond motifs is 1. The molecule has 0 bridgehead atoms. The van der Waals surface area contributed by atoms with E-state index in [9.17, 15) is 14.4 Å². The molecule has 22 heavy (non-hydrogen) atoms. The molecule has 2 aromatic rings. The smallest absolute Gasteiger partial charge is 0.261 e. The van der Waals surface area contributed by atoms with Gasteiger partial charge in [-0.05, 0) is 47.7 Å². The van der Waals surface area contributed by atoms with Crippen LogP contribution in [0.3, 0.4) is 0 Å². The van der Waals surface area contributed by atoms with E-state index in [0.29, 0.717) is 30.6 Å². The van der Waals surface area contributed by atoms with Gasteiger partial charge in [-0.3, -0.25) is 14.4 Å². The standard InChI is InChI=1S/C16H16N2O3S/c19-14-3-1-2-13-11(14)8-12(16(21)18-13)15(20)17-6-4-10-5-7-22-9-10/h5,7-9H,1-4,6H2,(H,17,20)(H,18,21). The summed E-state index contributed by atoms with van der Waals surface area (Å²) in [4.78, 5) is 38.7. The number of ketones is 1. The fourth-order valence-electron chi connectivity index (χ4n) is 2.59. The van der Waals surface area contributed by atoms with Crippen molar-refractivity contribution in [2.24, 2.45) is 0 Å². The lowest BCUT2D eigenvalue weighted by Crippen LogP contribution is -2.32. The number of carbonyl (C=O) groups is 2. The molecule has 0 spiro atoms. The van der Waals surface area contributed by atoms with E-state index in [1.807, 2.05) is 16.8 Å². The van der Waals surface area contributed by atoms with E-state index in [2.05, 4.69) is 10.3 Å². The van der Waals surface area contributed by atoms with Gasteiger partial charge in [0.15, 0.2) is 5.78 Å². The minimum Gasteiger partial charge on any atom is -0.352 e. The van der Waals surface area contributed by atoms with Crippen LogP contribution < -0.4 is 10.9 Å². The van der Waals surface area contributed by atoms with Crippen LogP contribution in [0.15, 0.2) is 27.7 Å². The molecule has 3 rings (SSSR count). The van der Waals surface area contributed by atoms with Crippen LogP contribution in [-0.2, 0) is 12.8 Å². The second-order valence-electron chi connectivity index (χ2n) is 5.32. The third kappa shape index (κ3) is 3.01. The van der Waals surface area contributed by atoms with Gasteiger partial charge in [0, 0.05) is 24.2 Å². The highest BCUT2D eigenvalue weighted by Crippen LogP contribution is 2.18. The van der Waals surface area contributed by atoms with E-state index < -0.39 is 11.5 Å². The zero-order valence-corrected chi connectivity index (χ0v) is 12.8. The summed E-state index contributed by atoms with van der Waals surface area (Å²) in [7, 11) is 0. The highest BCUT2D eigenvalue weighted by molar-refractivity contribution is 7.07. The van der Waals surface area contributed by atoms with Gasteiger partial charge in [-0.2, -0.15) is 11.3 Å². The SMILES string of the molecule is O=C1CCCc2[nH]c(=O)c(C(=O)NCCc3ccsc3)cc21. The van der Waals surface area contributed by atoms with Gasteiger partial charge < -0.3 is 10.3 Å². The molecule has 1 aliphatic carbocycles. The summed E-state index contributed by atoms with van der Waals surface area (Å²) in [6.07, 6.45) is 2.61. The lowest BCUT2D eigenvalue weighted by atomic mass is 9.93. The lowest BCUT2D eigenvalue weighted by molar-refractivity contribution is 0.0952. The maximum atomic E-state index is 12.1. The molecule has 0 aliphatic heterocycles. The van der Waals surface area contributed by atoms with Crippen LogP contribution in [0, 0.1) is 0 Å². The Morgan fingerprint density at radius 3 is 2.95 bits per heavy atom. The Kier molecular flexibility index (Phi) is 4.20. The summed E-state index contributed by atoms with van der Waals surface area (Å²) in [5.41, 5.74) is 1.87. The van der Waals surface area contributed by atoms with Crippen LogP contribution in [0.25, 0.3) is 0 Å². The molecule has 2 aromatic heterocycles. The van der Waals surface area contributed by atoms with Crippen molar-refractivity contribution in [3.8, 4) is 0 Å². The number of nitrogens with one attached hydrogen (secondary N) is 2. The zero-order valence-electron chi connectivity index (χ0n) is 12.0. The van der Waals surface area contributed by atoms with E-state index in [4.69, 9.17) is 0 Å². The van der Waals surface area contributed by atoms with Crippen molar-refractivity contribution in [2.75, 3.05) is 6.54 Å². The fourth-order valence-corrected chi connectivity index (χ4v) is 3.30. The van der Waals surface area contributed by atoms with Crippen LogP contribution in [0.4, 0.5) is 0 Å². The van der Waals surface area contributed by atoms with Crippen LogP contribution in [0.5, 0.6) is 0 Å². The number of aromatic nitrogens is 1. The number of H-pyrrole nitrogens is 1. The van der Waals surface area contributed by atoms with Crippen molar-refractivity contribution in [1.29, 1.82) is 0 Å². The Morgan fingerprint density at radius 2 is 2.18 bits per heavy atom. The van der Waals surface area contributed by atoms with Crippen LogP contribution in [0.2, 0.25) is 0 Å². The molecule has 1 aliphatic rings. The molecule has 1 amide bonds. The number of carbonyl (C=O) groups excluding carboxylic acids is 2. The molecule has 114 valence electrons. The molecule has 0 radical (unpaired) electrons. The van der Waals surface area contributed by atoms with Crippen molar-refractivity contribution in [2.45, 2.75) is 25.7 Å². The summed E-state index contributed by atoms with van der Waals surface area (Å²) in [6.45, 7) is 0.458. The Hall–Kier alpha value is -2.21. The Labute approximate surface area is 131 Å². The highest BCUT2D eigenvalue weighted by atomic mass is 32.1.